The number of sulfonamides is 1. The van der Waals surface area contributed by atoms with Crippen molar-refractivity contribution in [3.63, 3.8) is 0 Å². The van der Waals surface area contributed by atoms with E-state index in [0.717, 1.165) is 15.4 Å². The largest absolute Gasteiger partial charge is 0.495 e. The first kappa shape index (κ1) is 27.1. The van der Waals surface area contributed by atoms with Crippen LogP contribution in [-0.2, 0) is 14.8 Å². The van der Waals surface area contributed by atoms with Crippen LogP contribution in [0.2, 0.25) is 0 Å². The van der Waals surface area contributed by atoms with Crippen molar-refractivity contribution in [2.75, 3.05) is 25.1 Å². The van der Waals surface area contributed by atoms with Crippen molar-refractivity contribution in [2.45, 2.75) is 18.7 Å². The Labute approximate surface area is 214 Å². The average molecular weight is 527 g/mol. The van der Waals surface area contributed by atoms with Gasteiger partial charge in [-0.25, -0.2) is 13.8 Å². The summed E-state index contributed by atoms with van der Waals surface area (Å²) in [5.41, 5.74) is 4.17. The van der Waals surface area contributed by atoms with Gasteiger partial charge in [0.1, 0.15) is 12.3 Å². The first-order chi connectivity index (χ1) is 17.6. The van der Waals surface area contributed by atoms with Crippen molar-refractivity contribution in [1.29, 1.82) is 0 Å². The van der Waals surface area contributed by atoms with Gasteiger partial charge >= 0.3 is 5.69 Å². The predicted molar refractivity (Wildman–Crippen MR) is 139 cm³/mol. The first-order valence-electron chi connectivity index (χ1n) is 10.9. The minimum atomic E-state index is -4.16. The molecular formula is C25H26N4O7S. The molecule has 194 valence electrons. The van der Waals surface area contributed by atoms with Crippen molar-refractivity contribution in [3.8, 4) is 11.5 Å². The Balaban J connectivity index is 1.90. The van der Waals surface area contributed by atoms with E-state index in [9.17, 15) is 23.3 Å². The minimum Gasteiger partial charge on any atom is -0.495 e. The van der Waals surface area contributed by atoms with E-state index in [-0.39, 0.29) is 27.8 Å². The fourth-order valence-electron chi connectivity index (χ4n) is 3.41. The van der Waals surface area contributed by atoms with Crippen LogP contribution >= 0.6 is 0 Å². The summed E-state index contributed by atoms with van der Waals surface area (Å²) in [6.45, 7) is 3.02. The Morgan fingerprint density at radius 3 is 2.24 bits per heavy atom. The number of carbonyl (C=O) groups excluding carboxylic acids is 1. The third-order valence-electron chi connectivity index (χ3n) is 5.30. The van der Waals surface area contributed by atoms with E-state index < -0.39 is 27.4 Å². The highest BCUT2D eigenvalue weighted by atomic mass is 32.2. The van der Waals surface area contributed by atoms with Crippen molar-refractivity contribution >= 4 is 33.5 Å². The smallest absolute Gasteiger partial charge is 0.311 e. The lowest BCUT2D eigenvalue weighted by Gasteiger charge is -2.25. The zero-order valence-electron chi connectivity index (χ0n) is 20.7. The Hall–Kier alpha value is -4.45. The van der Waals surface area contributed by atoms with Gasteiger partial charge in [-0.1, -0.05) is 23.8 Å². The molecule has 3 aromatic rings. The summed E-state index contributed by atoms with van der Waals surface area (Å²) in [7, 11) is -1.44. The van der Waals surface area contributed by atoms with Crippen LogP contribution in [-0.4, -0.2) is 46.2 Å². The molecule has 0 saturated carbocycles. The maximum Gasteiger partial charge on any atom is 0.311 e. The van der Waals surface area contributed by atoms with Gasteiger partial charge in [0, 0.05) is 11.6 Å². The lowest BCUT2D eigenvalue weighted by molar-refractivity contribution is -0.385. The lowest BCUT2D eigenvalue weighted by Crippen LogP contribution is -2.39. The second-order valence-electron chi connectivity index (χ2n) is 7.98. The van der Waals surface area contributed by atoms with Gasteiger partial charge in [0.05, 0.1) is 35.9 Å². The summed E-state index contributed by atoms with van der Waals surface area (Å²) in [5, 5.41) is 15.0. The molecule has 0 radical (unpaired) electrons. The number of ether oxygens (including phenoxy) is 2. The number of hydrogen-bond acceptors (Lipinski definition) is 8. The number of carbonyl (C=O) groups is 1. The summed E-state index contributed by atoms with van der Waals surface area (Å²) in [5.74, 6) is -0.392. The Morgan fingerprint density at radius 2 is 1.62 bits per heavy atom. The van der Waals surface area contributed by atoms with Crippen LogP contribution in [0.1, 0.15) is 16.7 Å². The maximum atomic E-state index is 13.6. The van der Waals surface area contributed by atoms with Gasteiger partial charge in [-0.05, 0) is 55.8 Å². The number of nitro benzene ring substituents is 1. The number of nitro groups is 1. The first-order valence-corrected chi connectivity index (χ1v) is 12.4. The van der Waals surface area contributed by atoms with Gasteiger partial charge in [0.2, 0.25) is 0 Å². The average Bonchev–Trinajstić information content (AvgIpc) is 2.87. The van der Waals surface area contributed by atoms with Crippen molar-refractivity contribution in [2.24, 2.45) is 5.10 Å². The predicted octanol–water partition coefficient (Wildman–Crippen LogP) is 3.57. The van der Waals surface area contributed by atoms with Crippen molar-refractivity contribution in [3.05, 3.63) is 87.5 Å². The molecule has 0 aliphatic rings. The van der Waals surface area contributed by atoms with E-state index in [1.54, 1.807) is 37.3 Å². The fourth-order valence-corrected chi connectivity index (χ4v) is 4.83. The van der Waals surface area contributed by atoms with Crippen LogP contribution < -0.4 is 19.2 Å². The monoisotopic (exact) mass is 526 g/mol. The van der Waals surface area contributed by atoms with Crippen molar-refractivity contribution < 1.29 is 27.6 Å². The number of anilines is 1. The SMILES string of the molecule is COc1ccc(C)cc1N(CC(=O)N/N=C\c1ccc(OC)c([N+](=O)[O-])c1)S(=O)(=O)c1ccc(C)cc1. The van der Waals surface area contributed by atoms with Crippen LogP contribution in [0, 0.1) is 24.0 Å². The molecule has 0 unspecified atom stereocenters. The van der Waals surface area contributed by atoms with Gasteiger partial charge in [-0.15, -0.1) is 0 Å². The molecule has 0 aromatic heterocycles. The van der Waals surface area contributed by atoms with E-state index in [4.69, 9.17) is 9.47 Å². The number of rotatable bonds is 10. The molecule has 0 aliphatic heterocycles. The second kappa shape index (κ2) is 11.5. The molecule has 0 heterocycles. The molecule has 0 atom stereocenters. The fraction of sp³-hybridized carbons (Fsp3) is 0.200. The van der Waals surface area contributed by atoms with Crippen LogP contribution in [0.25, 0.3) is 0 Å². The zero-order valence-corrected chi connectivity index (χ0v) is 21.5. The van der Waals surface area contributed by atoms with E-state index in [1.165, 1.54) is 50.8 Å². The highest BCUT2D eigenvalue weighted by Crippen LogP contribution is 2.33. The number of nitrogens with one attached hydrogen (secondary N) is 1. The van der Waals surface area contributed by atoms with Crippen LogP contribution in [0.5, 0.6) is 11.5 Å². The molecule has 11 nitrogen and oxygen atoms in total. The molecule has 12 heteroatoms. The Morgan fingerprint density at radius 1 is 1.00 bits per heavy atom. The molecule has 0 spiro atoms. The number of amides is 1. The third kappa shape index (κ3) is 6.41. The standard InChI is InChI=1S/C25H26N4O7S/c1-17-5-9-20(10-6-17)37(33,34)28(21-13-18(2)7-11-23(21)35-3)16-25(30)27-26-15-19-8-12-24(36-4)22(14-19)29(31)32/h5-15H,16H2,1-4H3,(H,27,30)/b26-15-. The number of hydrazone groups is 1. The topological polar surface area (TPSA) is 140 Å². The van der Waals surface area contributed by atoms with E-state index in [0.29, 0.717) is 5.56 Å². The number of benzene rings is 3. The molecule has 0 aliphatic carbocycles. The summed E-state index contributed by atoms with van der Waals surface area (Å²) in [4.78, 5) is 23.4. The lowest BCUT2D eigenvalue weighted by atomic mass is 10.2. The summed E-state index contributed by atoms with van der Waals surface area (Å²) in [6, 6.07) is 15.4. The second-order valence-corrected chi connectivity index (χ2v) is 9.84. The highest BCUT2D eigenvalue weighted by Gasteiger charge is 2.29. The van der Waals surface area contributed by atoms with Gasteiger partial charge in [-0.2, -0.15) is 5.10 Å². The minimum absolute atomic E-state index is 0.00324. The van der Waals surface area contributed by atoms with Gasteiger partial charge in [0.15, 0.2) is 5.75 Å². The number of aryl methyl sites for hydroxylation is 2. The van der Waals surface area contributed by atoms with E-state index >= 15 is 0 Å². The molecule has 0 saturated heterocycles. The maximum absolute atomic E-state index is 13.6. The number of nitrogens with zero attached hydrogens (tertiary/aromatic N) is 3. The summed E-state index contributed by atoms with van der Waals surface area (Å²) < 4.78 is 38.5. The molecule has 1 N–H and O–H groups in total. The normalized spacial score (nSPS) is 11.2. The molecular weight excluding hydrogens is 500 g/mol. The summed E-state index contributed by atoms with van der Waals surface area (Å²) >= 11 is 0. The molecule has 3 rings (SSSR count). The number of methoxy groups -OCH3 is 2. The molecule has 0 fully saturated rings. The number of hydrogen-bond donors (Lipinski definition) is 1. The van der Waals surface area contributed by atoms with Crippen LogP contribution in [0.15, 0.2) is 70.7 Å². The zero-order chi connectivity index (χ0) is 27.2. The summed E-state index contributed by atoms with van der Waals surface area (Å²) in [6.07, 6.45) is 1.20. The Bertz CT molecular complexity index is 1440. The molecule has 0 bridgehead atoms. The van der Waals surface area contributed by atoms with Gasteiger partial charge in [-0.3, -0.25) is 19.2 Å². The van der Waals surface area contributed by atoms with Crippen LogP contribution in [0.3, 0.4) is 0 Å². The molecule has 1 amide bonds. The Kier molecular flexibility index (Phi) is 8.45. The highest BCUT2D eigenvalue weighted by molar-refractivity contribution is 7.92. The van der Waals surface area contributed by atoms with E-state index in [1.807, 2.05) is 6.92 Å². The van der Waals surface area contributed by atoms with Crippen LogP contribution in [0.4, 0.5) is 11.4 Å². The van der Waals surface area contributed by atoms with Crippen molar-refractivity contribution in [1.82, 2.24) is 5.43 Å². The van der Waals surface area contributed by atoms with Gasteiger partial charge < -0.3 is 9.47 Å². The van der Waals surface area contributed by atoms with E-state index in [2.05, 4.69) is 10.5 Å². The molecule has 37 heavy (non-hydrogen) atoms. The van der Waals surface area contributed by atoms with Gasteiger partial charge in [0.25, 0.3) is 15.9 Å². The quantitative estimate of drug-likeness (QED) is 0.242. The third-order valence-corrected chi connectivity index (χ3v) is 7.08. The molecule has 3 aromatic carbocycles.